The Morgan fingerprint density at radius 3 is 2.47 bits per heavy atom. The average Bonchev–Trinajstić information content (AvgIpc) is 2.80. The highest BCUT2D eigenvalue weighted by Crippen LogP contribution is 2.28. The Labute approximate surface area is 175 Å². The largest absolute Gasteiger partial charge is 0.453 e. The van der Waals surface area contributed by atoms with Crippen LogP contribution in [-0.2, 0) is 9.53 Å². The number of nitrogens with one attached hydrogen (secondary N) is 2. The Bertz CT molecular complexity index is 992. The molecule has 1 aliphatic carbocycles. The molecule has 152 valence electrons. The smallest absolute Gasteiger partial charge is 0.407 e. The van der Waals surface area contributed by atoms with Crippen molar-refractivity contribution in [3.05, 3.63) is 101 Å². The zero-order valence-corrected chi connectivity index (χ0v) is 16.9. The standard InChI is InChI=1S/C24H23N3O3/c1-3-17-9-7-8-12-20(17)26-23(28)22(27-24(29)30-2)21(18-10-5-4-6-11-18)19-13-15-25-16-14-19/h4-7,9-11,13-16,21-22H,3H2,1-2H3,(H,26,28)(H,27,29). The number of aromatic nitrogens is 1. The molecule has 6 nitrogen and oxygen atoms in total. The Balaban J connectivity index is 2.02. The second-order valence-corrected chi connectivity index (χ2v) is 6.63. The van der Waals surface area contributed by atoms with Crippen LogP contribution in [0.1, 0.15) is 30.4 Å². The summed E-state index contributed by atoms with van der Waals surface area (Å²) in [7, 11) is 1.27. The molecule has 6 heteroatoms. The third-order valence-corrected chi connectivity index (χ3v) is 4.81. The minimum atomic E-state index is -0.930. The predicted octanol–water partition coefficient (Wildman–Crippen LogP) is 3.60. The van der Waals surface area contributed by atoms with Crippen LogP contribution in [0.4, 0.5) is 4.79 Å². The van der Waals surface area contributed by atoms with Crippen molar-refractivity contribution in [2.75, 3.05) is 7.11 Å². The predicted molar refractivity (Wildman–Crippen MR) is 113 cm³/mol. The fraction of sp³-hybridized carbons (Fsp3) is 0.208. The SMILES string of the molecule is CCC1=CC=C=C=C1NC(=O)C(NC(=O)OC)C(c1ccccc1)c1ccncc1. The van der Waals surface area contributed by atoms with Crippen LogP contribution in [0, 0.1) is 0 Å². The molecule has 2 aromatic rings. The van der Waals surface area contributed by atoms with E-state index in [1.54, 1.807) is 18.5 Å². The van der Waals surface area contributed by atoms with Crippen molar-refractivity contribution in [2.45, 2.75) is 25.3 Å². The first-order valence-electron chi connectivity index (χ1n) is 9.65. The van der Waals surface area contributed by atoms with Gasteiger partial charge in [0, 0.05) is 18.3 Å². The maximum Gasteiger partial charge on any atom is 0.407 e. The summed E-state index contributed by atoms with van der Waals surface area (Å²) in [5.74, 6) is -0.831. The molecular formula is C24H23N3O3. The van der Waals surface area contributed by atoms with Crippen LogP contribution >= 0.6 is 0 Å². The minimum absolute atomic E-state index is 0.378. The van der Waals surface area contributed by atoms with Gasteiger partial charge in [-0.3, -0.25) is 9.78 Å². The highest BCUT2D eigenvalue weighted by molar-refractivity contribution is 5.89. The number of rotatable bonds is 7. The number of nitrogens with zero attached hydrogens (tertiary/aromatic N) is 1. The number of carbonyl (C=O) groups excluding carboxylic acids is 2. The monoisotopic (exact) mass is 401 g/mol. The Hall–Kier alpha value is -3.85. The number of methoxy groups -OCH3 is 1. The lowest BCUT2D eigenvalue weighted by molar-refractivity contribution is -0.122. The summed E-state index contributed by atoms with van der Waals surface area (Å²) in [6, 6.07) is 12.3. The number of hydrogen-bond acceptors (Lipinski definition) is 4. The summed E-state index contributed by atoms with van der Waals surface area (Å²) >= 11 is 0. The van der Waals surface area contributed by atoms with Crippen molar-refractivity contribution in [1.82, 2.24) is 15.6 Å². The average molecular weight is 401 g/mol. The summed E-state index contributed by atoms with van der Waals surface area (Å²) in [6.07, 6.45) is 6.99. The van der Waals surface area contributed by atoms with Gasteiger partial charge in [-0.2, -0.15) is 0 Å². The van der Waals surface area contributed by atoms with Gasteiger partial charge >= 0.3 is 6.09 Å². The molecule has 3 rings (SSSR count). The molecule has 2 unspecified atom stereocenters. The first kappa shape index (κ1) is 20.9. The maximum atomic E-state index is 13.4. The molecule has 2 N–H and O–H groups in total. The third kappa shape index (κ3) is 4.95. The highest BCUT2D eigenvalue weighted by atomic mass is 16.5. The van der Waals surface area contributed by atoms with Crippen LogP contribution < -0.4 is 10.6 Å². The normalized spacial score (nSPS) is 14.2. The first-order valence-corrected chi connectivity index (χ1v) is 9.65. The van der Waals surface area contributed by atoms with Crippen LogP contribution in [0.3, 0.4) is 0 Å². The third-order valence-electron chi connectivity index (χ3n) is 4.81. The summed E-state index contributed by atoms with van der Waals surface area (Å²) in [5, 5.41) is 5.60. The molecule has 0 saturated carbocycles. The van der Waals surface area contributed by atoms with E-state index in [2.05, 4.69) is 27.1 Å². The lowest BCUT2D eigenvalue weighted by atomic mass is 9.85. The number of hydrogen-bond donors (Lipinski definition) is 2. The number of carbonyl (C=O) groups is 2. The zero-order valence-electron chi connectivity index (χ0n) is 16.9. The first-order chi connectivity index (χ1) is 14.6. The Kier molecular flexibility index (Phi) is 7.01. The van der Waals surface area contributed by atoms with Crippen molar-refractivity contribution >= 4 is 12.0 Å². The molecule has 0 saturated heterocycles. The van der Waals surface area contributed by atoms with Gasteiger partial charge in [0.1, 0.15) is 6.04 Å². The van der Waals surface area contributed by atoms with Gasteiger partial charge in [0.05, 0.1) is 12.8 Å². The molecular weight excluding hydrogens is 378 g/mol. The summed E-state index contributed by atoms with van der Waals surface area (Å²) in [6.45, 7) is 1.99. The van der Waals surface area contributed by atoms with E-state index in [0.717, 1.165) is 23.1 Å². The maximum absolute atomic E-state index is 13.4. The second-order valence-electron chi connectivity index (χ2n) is 6.63. The number of ether oxygens (including phenoxy) is 1. The van der Waals surface area contributed by atoms with Crippen molar-refractivity contribution in [1.29, 1.82) is 0 Å². The quantitative estimate of drug-likeness (QED) is 0.695. The Morgan fingerprint density at radius 2 is 1.80 bits per heavy atom. The summed E-state index contributed by atoms with van der Waals surface area (Å²) in [4.78, 5) is 29.6. The van der Waals surface area contributed by atoms with Crippen molar-refractivity contribution < 1.29 is 14.3 Å². The lowest BCUT2D eigenvalue weighted by Crippen LogP contribution is -2.50. The van der Waals surface area contributed by atoms with Gasteiger partial charge in [-0.05, 0) is 53.1 Å². The molecule has 1 aliphatic rings. The minimum Gasteiger partial charge on any atom is -0.453 e. The van der Waals surface area contributed by atoms with E-state index >= 15 is 0 Å². The van der Waals surface area contributed by atoms with Gasteiger partial charge in [-0.25, -0.2) is 4.79 Å². The number of pyridine rings is 1. The lowest BCUT2D eigenvalue weighted by Gasteiger charge is -2.28. The topological polar surface area (TPSA) is 80.3 Å². The van der Waals surface area contributed by atoms with Gasteiger partial charge in [0.2, 0.25) is 5.91 Å². The molecule has 0 aliphatic heterocycles. The van der Waals surface area contributed by atoms with Crippen LogP contribution in [0.2, 0.25) is 0 Å². The van der Waals surface area contributed by atoms with E-state index in [1.165, 1.54) is 7.11 Å². The van der Waals surface area contributed by atoms with Gasteiger partial charge < -0.3 is 15.4 Å². The zero-order chi connectivity index (χ0) is 21.3. The van der Waals surface area contributed by atoms with Gasteiger partial charge in [0.15, 0.2) is 0 Å². The van der Waals surface area contributed by atoms with E-state index in [-0.39, 0.29) is 5.91 Å². The van der Waals surface area contributed by atoms with Crippen LogP contribution in [0.25, 0.3) is 0 Å². The van der Waals surface area contributed by atoms with Crippen molar-refractivity contribution in [3.8, 4) is 0 Å². The van der Waals surface area contributed by atoms with Crippen molar-refractivity contribution in [3.63, 3.8) is 0 Å². The molecule has 2 amide bonds. The molecule has 30 heavy (non-hydrogen) atoms. The van der Waals surface area contributed by atoms with Crippen LogP contribution in [-0.4, -0.2) is 30.1 Å². The second kappa shape index (κ2) is 10.1. The van der Waals surface area contributed by atoms with Gasteiger partial charge in [-0.1, -0.05) is 43.0 Å². The van der Waals surface area contributed by atoms with Crippen LogP contribution in [0.5, 0.6) is 0 Å². The summed E-state index contributed by atoms with van der Waals surface area (Å²) in [5.41, 5.74) is 9.00. The summed E-state index contributed by atoms with van der Waals surface area (Å²) < 4.78 is 4.79. The van der Waals surface area contributed by atoms with E-state index in [9.17, 15) is 9.59 Å². The number of amides is 2. The van der Waals surface area contributed by atoms with E-state index in [0.29, 0.717) is 5.70 Å². The number of allylic oxidation sites excluding steroid dienone is 3. The molecule has 0 radical (unpaired) electrons. The van der Waals surface area contributed by atoms with Gasteiger partial charge in [0.25, 0.3) is 0 Å². The molecule has 1 heterocycles. The molecule has 2 atom stereocenters. The fourth-order valence-corrected chi connectivity index (χ4v) is 3.32. The van der Waals surface area contributed by atoms with Gasteiger partial charge in [-0.15, -0.1) is 0 Å². The molecule has 0 fully saturated rings. The van der Waals surface area contributed by atoms with E-state index in [1.807, 2.05) is 55.5 Å². The molecule has 0 spiro atoms. The number of alkyl carbamates (subject to hydrolysis) is 1. The van der Waals surface area contributed by atoms with E-state index < -0.39 is 18.1 Å². The number of benzene rings is 1. The van der Waals surface area contributed by atoms with E-state index in [4.69, 9.17) is 4.74 Å². The molecule has 1 aromatic heterocycles. The Morgan fingerprint density at radius 1 is 1.10 bits per heavy atom. The fourth-order valence-electron chi connectivity index (χ4n) is 3.32. The van der Waals surface area contributed by atoms with Crippen LogP contribution in [0.15, 0.2) is 89.7 Å². The highest BCUT2D eigenvalue weighted by Gasteiger charge is 2.33. The van der Waals surface area contributed by atoms with Crippen molar-refractivity contribution in [2.24, 2.45) is 0 Å². The molecule has 1 aromatic carbocycles. The molecule has 0 bridgehead atoms.